The summed E-state index contributed by atoms with van der Waals surface area (Å²) in [5.74, 6) is 0.483. The van der Waals surface area contributed by atoms with Crippen molar-refractivity contribution >= 4 is 50.1 Å². The number of hydrogen-bond acceptors (Lipinski definition) is 8. The zero-order valence-electron chi connectivity index (χ0n) is 22.5. The van der Waals surface area contributed by atoms with E-state index >= 15 is 0 Å². The van der Waals surface area contributed by atoms with Gasteiger partial charge in [0.2, 0.25) is 0 Å². The Labute approximate surface area is 263 Å². The summed E-state index contributed by atoms with van der Waals surface area (Å²) in [6.07, 6.45) is 0. The smallest absolute Gasteiger partial charge is 0.545 e. The number of carboxylic acids is 1. The fourth-order valence-electron chi connectivity index (χ4n) is 5.86. The van der Waals surface area contributed by atoms with Crippen LogP contribution in [0.4, 0.5) is 0 Å². The summed E-state index contributed by atoms with van der Waals surface area (Å²) in [5.41, 5.74) is 5.11. The van der Waals surface area contributed by atoms with Gasteiger partial charge in [-0.25, -0.2) is 29.9 Å². The van der Waals surface area contributed by atoms with Gasteiger partial charge < -0.3 is 19.9 Å². The van der Waals surface area contributed by atoms with E-state index < -0.39 is 5.97 Å². The Bertz CT molecular complexity index is 2510. The first-order chi connectivity index (χ1) is 21.1. The van der Waals surface area contributed by atoms with Crippen molar-refractivity contribution in [1.29, 1.82) is 0 Å². The van der Waals surface area contributed by atoms with Gasteiger partial charge in [0.25, 0.3) is 0 Å². The molecule has 10 nitrogen and oxygen atoms in total. The number of rotatable bonds is 1. The van der Waals surface area contributed by atoms with Crippen LogP contribution in [0.15, 0.2) is 91.0 Å². The molecule has 11 heteroatoms. The predicted molar refractivity (Wildman–Crippen MR) is 160 cm³/mol. The van der Waals surface area contributed by atoms with Crippen LogP contribution in [0.2, 0.25) is 0 Å². The van der Waals surface area contributed by atoms with Gasteiger partial charge in [-0.2, -0.15) is 0 Å². The molecule has 3 aromatic heterocycles. The van der Waals surface area contributed by atoms with Crippen molar-refractivity contribution < 1.29 is 32.3 Å². The Balaban J connectivity index is 0.00000289. The molecule has 0 saturated heterocycles. The molecular weight excluding hydrogens is 648 g/mol. The molecule has 5 heterocycles. The van der Waals surface area contributed by atoms with Crippen molar-refractivity contribution in [3.8, 4) is 45.6 Å². The summed E-state index contributed by atoms with van der Waals surface area (Å²) >= 11 is 0. The first-order valence-corrected chi connectivity index (χ1v) is 13.6. The van der Waals surface area contributed by atoms with E-state index in [1.54, 1.807) is 12.1 Å². The number of aromatic carboxylic acids is 1. The second-order valence-electron chi connectivity index (χ2n) is 10.3. The molecule has 0 radical (unpaired) electrons. The van der Waals surface area contributed by atoms with Crippen LogP contribution in [0.1, 0.15) is 10.4 Å². The van der Waals surface area contributed by atoms with Crippen LogP contribution in [-0.4, -0.2) is 45.8 Å². The molecule has 212 valence electrons. The fourth-order valence-corrected chi connectivity index (χ4v) is 5.86. The van der Waals surface area contributed by atoms with Crippen molar-refractivity contribution in [2.45, 2.75) is 0 Å². The van der Waals surface area contributed by atoms with Gasteiger partial charge in [-0.1, -0.05) is 91.0 Å². The van der Waals surface area contributed by atoms with Gasteiger partial charge in [0, 0.05) is 49.4 Å². The van der Waals surface area contributed by atoms with Crippen molar-refractivity contribution in [3.63, 3.8) is 0 Å². The summed E-state index contributed by atoms with van der Waals surface area (Å²) < 4.78 is 0. The topological polar surface area (TPSA) is 149 Å². The number of carbonyl (C=O) groups excluding carboxylic acids is 1. The number of nitrogens with one attached hydrogen (secondary N) is 2. The van der Waals surface area contributed by atoms with Gasteiger partial charge in [0.1, 0.15) is 22.6 Å². The van der Waals surface area contributed by atoms with Crippen LogP contribution >= 0.6 is 0 Å². The van der Waals surface area contributed by atoms with Crippen molar-refractivity contribution in [3.05, 3.63) is 96.6 Å². The van der Waals surface area contributed by atoms with Crippen LogP contribution in [0.5, 0.6) is 0 Å². The van der Waals surface area contributed by atoms with Gasteiger partial charge >= 0.3 is 22.4 Å². The molecular formula is C33H17AgN8O2. The Morgan fingerprint density at radius 2 is 0.864 bits per heavy atom. The number of carboxylic acid groups (broad SMARTS) is 1. The van der Waals surface area contributed by atoms with Crippen LogP contribution in [0.3, 0.4) is 0 Å². The number of nitrogens with zero attached hydrogens (tertiary/aromatic N) is 6. The van der Waals surface area contributed by atoms with Gasteiger partial charge in [-0.05, 0) is 0 Å². The van der Waals surface area contributed by atoms with Crippen LogP contribution in [0, 0.1) is 0 Å². The molecule has 0 fully saturated rings. The quantitative estimate of drug-likeness (QED) is 0.227. The molecule has 2 N–H and O–H groups in total. The van der Waals surface area contributed by atoms with Crippen LogP contribution < -0.4 is 5.11 Å². The molecule has 0 unspecified atom stereocenters. The molecule has 9 rings (SSSR count). The number of fused-ring (bicyclic) bond motifs is 20. The number of H-pyrrole nitrogens is 2. The first-order valence-electron chi connectivity index (χ1n) is 13.6. The molecule has 44 heavy (non-hydrogen) atoms. The standard InChI is InChI=1S/C33H18N8O2.Ag/c42-33(43)23-15-7-14-22-24(23)32-40-30-21-13-6-5-12-20(21)28(38-30)36-26-17-9-2-1-8-16(17)25(34-26)35-27-18-10-3-4-11-19(18)29(37-27)39-31(22)41-32;/h1-15H,(H,42,43)(H2,34,35,36,37,38,39,40,41);/q;+1/p-1. The maximum Gasteiger partial charge on any atom is 1.00 e. The third-order valence-corrected chi connectivity index (χ3v) is 7.80. The van der Waals surface area contributed by atoms with Gasteiger partial charge in [0.15, 0.2) is 23.3 Å². The summed E-state index contributed by atoms with van der Waals surface area (Å²) in [7, 11) is 0. The Morgan fingerprint density at radius 3 is 1.34 bits per heavy atom. The van der Waals surface area contributed by atoms with E-state index in [2.05, 4.69) is 9.97 Å². The summed E-state index contributed by atoms with van der Waals surface area (Å²) in [4.78, 5) is 48.2. The average molecular weight is 665 g/mol. The van der Waals surface area contributed by atoms with Crippen molar-refractivity contribution in [2.24, 2.45) is 0 Å². The molecule has 0 atom stereocenters. The maximum atomic E-state index is 12.2. The Hall–Kier alpha value is -5.55. The molecule has 8 bridgehead atoms. The van der Waals surface area contributed by atoms with E-state index in [1.807, 2.05) is 72.8 Å². The first kappa shape index (κ1) is 26.1. The number of carbonyl (C=O) groups is 1. The average Bonchev–Trinajstić information content (AvgIpc) is 3.76. The monoisotopic (exact) mass is 664 g/mol. The molecule has 0 amide bonds. The molecule has 4 aromatic carbocycles. The summed E-state index contributed by atoms with van der Waals surface area (Å²) in [5, 5.41) is 14.9. The molecule has 0 aliphatic carbocycles. The minimum Gasteiger partial charge on any atom is -0.545 e. The van der Waals surface area contributed by atoms with Gasteiger partial charge in [0.05, 0.1) is 5.97 Å². The van der Waals surface area contributed by atoms with Crippen molar-refractivity contribution in [2.75, 3.05) is 0 Å². The zero-order chi connectivity index (χ0) is 28.7. The maximum absolute atomic E-state index is 12.2. The molecule has 0 saturated carbocycles. The van der Waals surface area contributed by atoms with E-state index in [1.165, 1.54) is 6.07 Å². The second-order valence-corrected chi connectivity index (χ2v) is 10.3. The van der Waals surface area contributed by atoms with Crippen molar-refractivity contribution in [1.82, 2.24) is 39.9 Å². The minimum absolute atomic E-state index is 0. The van der Waals surface area contributed by atoms with E-state index in [9.17, 15) is 9.90 Å². The number of aromatic amines is 2. The summed E-state index contributed by atoms with van der Waals surface area (Å²) in [6, 6.07) is 28.2. The normalized spacial score (nSPS) is 11.6. The van der Waals surface area contributed by atoms with E-state index in [4.69, 9.17) is 29.9 Å². The zero-order valence-corrected chi connectivity index (χ0v) is 23.9. The third kappa shape index (κ3) is 3.82. The van der Waals surface area contributed by atoms with Gasteiger partial charge in [-0.15, -0.1) is 0 Å². The predicted octanol–water partition coefficient (Wildman–Crippen LogP) is 5.23. The number of aromatic nitrogens is 8. The van der Waals surface area contributed by atoms with E-state index in [0.717, 1.165) is 33.0 Å². The molecule has 7 aromatic rings. The third-order valence-electron chi connectivity index (χ3n) is 7.80. The van der Waals surface area contributed by atoms with Crippen LogP contribution in [0.25, 0.3) is 89.7 Å². The molecule has 2 aliphatic heterocycles. The number of hydrogen-bond donors (Lipinski definition) is 2. The largest absolute Gasteiger partial charge is 1.00 e. The molecule has 2 aliphatic rings. The Morgan fingerprint density at radius 1 is 0.477 bits per heavy atom. The SMILES string of the molecule is O=C([O-])c1cccc2c3nc4nc(nc5[nH]c(nc6nc(nc([nH]3)c12)-c1ccccc1-6)c1ccccc51)-c1ccccc1-4.[Ag+]. The Kier molecular flexibility index (Phi) is 5.78. The van der Waals surface area contributed by atoms with E-state index in [0.29, 0.717) is 56.7 Å². The number of benzene rings is 4. The second kappa shape index (κ2) is 9.75. The van der Waals surface area contributed by atoms with Gasteiger partial charge in [-0.3, -0.25) is 0 Å². The van der Waals surface area contributed by atoms with Crippen LogP contribution in [-0.2, 0) is 22.4 Å². The van der Waals surface area contributed by atoms with E-state index in [-0.39, 0.29) is 27.9 Å². The minimum atomic E-state index is -1.32. The molecule has 0 spiro atoms. The summed E-state index contributed by atoms with van der Waals surface area (Å²) in [6.45, 7) is 0. The fraction of sp³-hybridized carbons (Fsp3) is 0.